The van der Waals surface area contributed by atoms with Gasteiger partial charge in [-0.15, -0.1) is 0 Å². The summed E-state index contributed by atoms with van der Waals surface area (Å²) in [6, 6.07) is 9.70. The standard InChI is InChI=1S/C53H79NO9/c1-14-15-16-17-18-19-20-21-22-23-24-25-26-27-28-29-34-54-40-35-39(61-47(57)51(5,6)7)36-41(62-48(58)52(8,9)10)42(40)44(55)45(63-49(59)53(11,12)13)43(54)37-30-32-38(33-31-37)60-46(56)50(2,3)4/h30-33,35-36H,14-29,34H2,1-13H3. The molecule has 10 heteroatoms. The van der Waals surface area contributed by atoms with Gasteiger partial charge in [-0.1, -0.05) is 103 Å². The minimum absolute atomic E-state index is 0.0100. The number of hydrogen-bond acceptors (Lipinski definition) is 9. The van der Waals surface area contributed by atoms with Gasteiger partial charge < -0.3 is 23.5 Å². The molecule has 0 unspecified atom stereocenters. The molecule has 0 spiro atoms. The Morgan fingerprint density at radius 2 is 0.857 bits per heavy atom. The van der Waals surface area contributed by atoms with Gasteiger partial charge in [0.25, 0.3) is 0 Å². The van der Waals surface area contributed by atoms with E-state index in [1.807, 2.05) is 4.57 Å². The summed E-state index contributed by atoms with van der Waals surface area (Å²) >= 11 is 0. The Labute approximate surface area is 378 Å². The van der Waals surface area contributed by atoms with E-state index in [-0.39, 0.29) is 22.6 Å². The van der Waals surface area contributed by atoms with E-state index in [0.717, 1.165) is 19.3 Å². The summed E-state index contributed by atoms with van der Waals surface area (Å²) in [4.78, 5) is 68.2. The minimum atomic E-state index is -0.977. The molecule has 10 nitrogen and oxygen atoms in total. The van der Waals surface area contributed by atoms with Crippen LogP contribution in [0.2, 0.25) is 0 Å². The first-order valence-corrected chi connectivity index (χ1v) is 23.6. The number of aromatic nitrogens is 1. The van der Waals surface area contributed by atoms with Gasteiger partial charge in [-0.2, -0.15) is 0 Å². The molecule has 0 bridgehead atoms. The van der Waals surface area contributed by atoms with Crippen LogP contribution in [0.5, 0.6) is 23.0 Å². The van der Waals surface area contributed by atoms with Gasteiger partial charge in [-0.3, -0.25) is 24.0 Å². The maximum absolute atomic E-state index is 15.0. The van der Waals surface area contributed by atoms with Crippen molar-refractivity contribution in [2.24, 2.45) is 21.7 Å². The molecule has 0 N–H and O–H groups in total. The van der Waals surface area contributed by atoms with Crippen molar-refractivity contribution in [3.8, 4) is 34.3 Å². The number of pyridine rings is 1. The lowest BCUT2D eigenvalue weighted by Gasteiger charge is -2.25. The van der Waals surface area contributed by atoms with Crippen molar-refractivity contribution in [2.45, 2.75) is 199 Å². The Bertz CT molecular complexity index is 2050. The van der Waals surface area contributed by atoms with Gasteiger partial charge in [0, 0.05) is 24.2 Å². The fourth-order valence-corrected chi connectivity index (χ4v) is 6.75. The topological polar surface area (TPSA) is 127 Å². The second-order valence-corrected chi connectivity index (χ2v) is 21.4. The van der Waals surface area contributed by atoms with E-state index in [1.165, 1.54) is 83.1 Å². The monoisotopic (exact) mass is 874 g/mol. The predicted molar refractivity (Wildman–Crippen MR) is 254 cm³/mol. The largest absolute Gasteiger partial charge is 0.426 e. The van der Waals surface area contributed by atoms with Gasteiger partial charge in [0.05, 0.1) is 38.3 Å². The lowest BCUT2D eigenvalue weighted by atomic mass is 9.97. The zero-order valence-electron chi connectivity index (χ0n) is 41.1. The molecule has 0 atom stereocenters. The number of carbonyl (C=O) groups is 4. The molecular formula is C53H79NO9. The van der Waals surface area contributed by atoms with Crippen molar-refractivity contribution in [2.75, 3.05) is 0 Å². The van der Waals surface area contributed by atoms with E-state index in [0.29, 0.717) is 35.5 Å². The molecule has 0 saturated carbocycles. The fraction of sp³-hybridized carbons (Fsp3) is 0.642. The van der Waals surface area contributed by atoms with Crippen molar-refractivity contribution < 1.29 is 38.1 Å². The number of benzene rings is 2. The zero-order valence-corrected chi connectivity index (χ0v) is 41.1. The number of rotatable bonds is 22. The summed E-state index contributed by atoms with van der Waals surface area (Å²) in [6.07, 6.45) is 19.4. The molecule has 3 aromatic rings. The molecule has 0 aliphatic rings. The quantitative estimate of drug-likeness (QED) is 0.0550. The second-order valence-electron chi connectivity index (χ2n) is 21.4. The van der Waals surface area contributed by atoms with Crippen molar-refractivity contribution in [3.05, 3.63) is 46.6 Å². The van der Waals surface area contributed by atoms with Crippen LogP contribution >= 0.6 is 0 Å². The van der Waals surface area contributed by atoms with Gasteiger partial charge in [0.1, 0.15) is 17.2 Å². The molecule has 0 amide bonds. The van der Waals surface area contributed by atoms with E-state index in [1.54, 1.807) is 113 Å². The van der Waals surface area contributed by atoms with Gasteiger partial charge in [-0.25, -0.2) is 0 Å². The Kier molecular flexibility index (Phi) is 19.7. The molecule has 350 valence electrons. The van der Waals surface area contributed by atoms with E-state index in [9.17, 15) is 24.0 Å². The first-order valence-electron chi connectivity index (χ1n) is 23.6. The van der Waals surface area contributed by atoms with Gasteiger partial charge in [0.15, 0.2) is 0 Å². The molecule has 1 aromatic heterocycles. The van der Waals surface area contributed by atoms with E-state index in [2.05, 4.69) is 6.92 Å². The third-order valence-corrected chi connectivity index (χ3v) is 10.9. The third kappa shape index (κ3) is 16.6. The highest BCUT2D eigenvalue weighted by atomic mass is 16.6. The summed E-state index contributed by atoms with van der Waals surface area (Å²) < 4.78 is 25.6. The number of aryl methyl sites for hydroxylation is 1. The summed E-state index contributed by atoms with van der Waals surface area (Å²) in [6.45, 7) is 23.4. The van der Waals surface area contributed by atoms with Gasteiger partial charge >= 0.3 is 23.9 Å². The molecule has 3 rings (SSSR count). The highest BCUT2D eigenvalue weighted by Crippen LogP contribution is 2.40. The van der Waals surface area contributed by atoms with Gasteiger partial charge in [0.2, 0.25) is 11.2 Å². The predicted octanol–water partition coefficient (Wildman–Crippen LogP) is 13.7. The summed E-state index contributed by atoms with van der Waals surface area (Å²) in [5.74, 6) is -2.10. The maximum Gasteiger partial charge on any atom is 0.316 e. The molecule has 0 aliphatic carbocycles. The average Bonchev–Trinajstić information content (AvgIpc) is 3.17. The van der Waals surface area contributed by atoms with Crippen LogP contribution in [0, 0.1) is 21.7 Å². The van der Waals surface area contributed by atoms with Crippen LogP contribution in [0.25, 0.3) is 22.2 Å². The molecular weight excluding hydrogens is 795 g/mol. The van der Waals surface area contributed by atoms with Crippen LogP contribution in [-0.2, 0) is 25.7 Å². The van der Waals surface area contributed by atoms with Gasteiger partial charge in [-0.05, 0) is 114 Å². The summed E-state index contributed by atoms with van der Waals surface area (Å²) in [5.41, 5.74) is -3.03. The number of nitrogens with zero attached hydrogens (tertiary/aromatic N) is 1. The fourth-order valence-electron chi connectivity index (χ4n) is 6.75. The molecule has 0 saturated heterocycles. The van der Waals surface area contributed by atoms with E-state index >= 15 is 0 Å². The molecule has 1 heterocycles. The van der Waals surface area contributed by atoms with Crippen molar-refractivity contribution >= 4 is 34.8 Å². The molecule has 63 heavy (non-hydrogen) atoms. The number of hydrogen-bond donors (Lipinski definition) is 0. The molecule has 2 aromatic carbocycles. The van der Waals surface area contributed by atoms with Crippen LogP contribution in [0.4, 0.5) is 0 Å². The number of fused-ring (bicyclic) bond motifs is 1. The third-order valence-electron chi connectivity index (χ3n) is 10.9. The smallest absolute Gasteiger partial charge is 0.316 e. The summed E-state index contributed by atoms with van der Waals surface area (Å²) in [7, 11) is 0. The first kappa shape index (κ1) is 52.9. The number of ether oxygens (including phenoxy) is 4. The average molecular weight is 874 g/mol. The van der Waals surface area contributed by atoms with E-state index in [4.69, 9.17) is 18.9 Å². The first-order chi connectivity index (χ1) is 29.4. The Balaban J connectivity index is 2.11. The maximum atomic E-state index is 15.0. The Hall–Kier alpha value is -4.47. The SMILES string of the molecule is CCCCCCCCCCCCCCCCCCn1c(-c2ccc(OC(=O)C(C)(C)C)cc2)c(OC(=O)C(C)(C)C)c(=O)c2c(OC(=O)C(C)(C)C)cc(OC(=O)C(C)(C)C)cc21. The van der Waals surface area contributed by atoms with Crippen LogP contribution in [-0.4, -0.2) is 28.4 Å². The Morgan fingerprint density at radius 1 is 0.476 bits per heavy atom. The number of esters is 4. The molecule has 0 radical (unpaired) electrons. The van der Waals surface area contributed by atoms with Crippen LogP contribution in [0.3, 0.4) is 0 Å². The van der Waals surface area contributed by atoms with E-state index < -0.39 is 51.0 Å². The highest BCUT2D eigenvalue weighted by molar-refractivity contribution is 5.95. The lowest BCUT2D eigenvalue weighted by molar-refractivity contribution is -0.144. The van der Waals surface area contributed by atoms with Crippen molar-refractivity contribution in [3.63, 3.8) is 0 Å². The molecule has 0 aliphatic heterocycles. The van der Waals surface area contributed by atoms with Crippen LogP contribution in [0.15, 0.2) is 41.2 Å². The zero-order chi connectivity index (χ0) is 47.2. The molecule has 0 fully saturated rings. The lowest BCUT2D eigenvalue weighted by Crippen LogP contribution is -2.30. The normalized spacial score (nSPS) is 12.3. The second kappa shape index (κ2) is 23.5. The van der Waals surface area contributed by atoms with Crippen molar-refractivity contribution in [1.82, 2.24) is 4.57 Å². The highest BCUT2D eigenvalue weighted by Gasteiger charge is 2.33. The van der Waals surface area contributed by atoms with Crippen LogP contribution in [0.1, 0.15) is 193 Å². The number of carbonyl (C=O) groups excluding carboxylic acids is 4. The Morgan fingerprint density at radius 3 is 1.29 bits per heavy atom. The summed E-state index contributed by atoms with van der Waals surface area (Å²) in [5, 5.41) is 0.0100. The minimum Gasteiger partial charge on any atom is -0.426 e. The van der Waals surface area contributed by atoms with Crippen LogP contribution < -0.4 is 24.4 Å². The van der Waals surface area contributed by atoms with Crippen molar-refractivity contribution in [1.29, 1.82) is 0 Å². The number of unbranched alkanes of at least 4 members (excludes halogenated alkanes) is 15.